The largest absolute Gasteiger partial charge is 0.325 e. The molecule has 0 aliphatic carbocycles. The number of nitrogens with zero attached hydrogens (tertiary/aromatic N) is 1. The Balaban J connectivity index is 1.54. The number of hydrogen-bond acceptors (Lipinski definition) is 5. The summed E-state index contributed by atoms with van der Waals surface area (Å²) in [5, 5.41) is 2.63. The van der Waals surface area contributed by atoms with Crippen LogP contribution in [0.1, 0.15) is 11.1 Å². The number of hydrogen-bond donors (Lipinski definition) is 2. The first kappa shape index (κ1) is 27.8. The molecule has 0 unspecified atom stereocenters. The van der Waals surface area contributed by atoms with Gasteiger partial charge in [0.15, 0.2) is 0 Å². The third kappa shape index (κ3) is 6.81. The molecular formula is C28H26FN3O5S2. The molecule has 0 radical (unpaired) electrons. The number of aryl methyl sites for hydroxylation is 2. The Morgan fingerprint density at radius 2 is 1.31 bits per heavy atom. The fourth-order valence-corrected chi connectivity index (χ4v) is 6.39. The molecule has 0 heterocycles. The van der Waals surface area contributed by atoms with E-state index in [0.29, 0.717) is 5.69 Å². The van der Waals surface area contributed by atoms with Crippen LogP contribution in [-0.4, -0.2) is 29.3 Å². The van der Waals surface area contributed by atoms with Gasteiger partial charge in [0, 0.05) is 11.4 Å². The van der Waals surface area contributed by atoms with Gasteiger partial charge in [-0.15, -0.1) is 0 Å². The van der Waals surface area contributed by atoms with Crippen LogP contribution in [0.3, 0.4) is 0 Å². The monoisotopic (exact) mass is 567 g/mol. The summed E-state index contributed by atoms with van der Waals surface area (Å²) in [7, 11) is -8.03. The first-order valence-corrected chi connectivity index (χ1v) is 14.7. The van der Waals surface area contributed by atoms with Crippen molar-refractivity contribution < 1.29 is 26.0 Å². The second kappa shape index (κ2) is 11.3. The third-order valence-corrected chi connectivity index (χ3v) is 8.84. The topological polar surface area (TPSA) is 113 Å². The van der Waals surface area contributed by atoms with Gasteiger partial charge in [-0.2, -0.15) is 0 Å². The second-order valence-electron chi connectivity index (χ2n) is 8.86. The summed E-state index contributed by atoms with van der Waals surface area (Å²) < 4.78 is 68.9. The summed E-state index contributed by atoms with van der Waals surface area (Å²) in [6, 6.07) is 23.4. The molecule has 4 rings (SSSR count). The third-order valence-electron chi connectivity index (χ3n) is 5.66. The molecule has 0 saturated heterocycles. The fraction of sp³-hybridized carbons (Fsp3) is 0.107. The molecule has 11 heteroatoms. The highest BCUT2D eigenvalue weighted by Crippen LogP contribution is 2.26. The van der Waals surface area contributed by atoms with Gasteiger partial charge < -0.3 is 5.32 Å². The summed E-state index contributed by atoms with van der Waals surface area (Å²) in [5.41, 5.74) is 2.49. The summed E-state index contributed by atoms with van der Waals surface area (Å²) >= 11 is 0. The zero-order valence-electron chi connectivity index (χ0n) is 21.1. The first-order chi connectivity index (χ1) is 18.4. The van der Waals surface area contributed by atoms with Gasteiger partial charge in [-0.1, -0.05) is 24.3 Å². The van der Waals surface area contributed by atoms with Gasteiger partial charge in [-0.3, -0.25) is 13.8 Å². The minimum atomic E-state index is -4.07. The minimum Gasteiger partial charge on any atom is -0.325 e. The molecule has 0 atom stereocenters. The van der Waals surface area contributed by atoms with E-state index in [0.717, 1.165) is 27.6 Å². The Morgan fingerprint density at radius 3 is 1.90 bits per heavy atom. The molecular weight excluding hydrogens is 541 g/mol. The van der Waals surface area contributed by atoms with Crippen molar-refractivity contribution in [2.45, 2.75) is 23.6 Å². The van der Waals surface area contributed by atoms with Crippen LogP contribution >= 0.6 is 0 Å². The molecule has 8 nitrogen and oxygen atoms in total. The van der Waals surface area contributed by atoms with E-state index in [1.807, 2.05) is 19.9 Å². The van der Waals surface area contributed by atoms with Crippen LogP contribution in [-0.2, 0) is 24.8 Å². The van der Waals surface area contributed by atoms with E-state index in [1.54, 1.807) is 30.3 Å². The van der Waals surface area contributed by atoms with Crippen LogP contribution in [0.2, 0.25) is 0 Å². The molecule has 0 aromatic heterocycles. The minimum absolute atomic E-state index is 0.0418. The standard InChI is InChI=1S/C28H26FN3O5S2/c1-20-16-21(2)18-25(17-20)32(39(36,37)27-6-4-3-5-7-27)19-28(33)30-23-12-14-26(15-13-23)38(34,35)31-24-10-8-22(29)9-11-24/h3-18,31H,19H2,1-2H3,(H,30,33). The molecule has 0 aliphatic rings. The van der Waals surface area contributed by atoms with E-state index in [4.69, 9.17) is 0 Å². The van der Waals surface area contributed by atoms with Crippen molar-refractivity contribution in [1.82, 2.24) is 0 Å². The smallest absolute Gasteiger partial charge is 0.264 e. The SMILES string of the molecule is Cc1cc(C)cc(N(CC(=O)Nc2ccc(S(=O)(=O)Nc3ccc(F)cc3)cc2)S(=O)(=O)c2ccccc2)c1. The predicted octanol–water partition coefficient (Wildman–Crippen LogP) is 5.08. The maximum Gasteiger partial charge on any atom is 0.264 e. The lowest BCUT2D eigenvalue weighted by atomic mass is 10.1. The number of nitrogens with one attached hydrogen (secondary N) is 2. The Labute approximate surface area is 227 Å². The van der Waals surface area contributed by atoms with Gasteiger partial charge in [0.1, 0.15) is 12.4 Å². The number of amides is 1. The van der Waals surface area contributed by atoms with Crippen molar-refractivity contribution in [2.75, 3.05) is 20.9 Å². The lowest BCUT2D eigenvalue weighted by Gasteiger charge is -2.25. The average molecular weight is 568 g/mol. The van der Waals surface area contributed by atoms with Crippen molar-refractivity contribution >= 4 is 43.0 Å². The number of benzene rings is 4. The van der Waals surface area contributed by atoms with Gasteiger partial charge >= 0.3 is 0 Å². The van der Waals surface area contributed by atoms with Gasteiger partial charge in [0.25, 0.3) is 20.0 Å². The number of halogens is 1. The van der Waals surface area contributed by atoms with Gasteiger partial charge in [0.05, 0.1) is 15.5 Å². The van der Waals surface area contributed by atoms with E-state index in [-0.39, 0.29) is 21.2 Å². The highest BCUT2D eigenvalue weighted by molar-refractivity contribution is 7.93. The molecule has 39 heavy (non-hydrogen) atoms. The number of rotatable bonds is 9. The van der Waals surface area contributed by atoms with Gasteiger partial charge in [-0.05, 0) is 97.8 Å². The molecule has 0 saturated carbocycles. The highest BCUT2D eigenvalue weighted by atomic mass is 32.2. The Bertz CT molecular complexity index is 1670. The van der Waals surface area contributed by atoms with E-state index >= 15 is 0 Å². The van der Waals surface area contributed by atoms with Crippen molar-refractivity contribution in [3.63, 3.8) is 0 Å². The molecule has 0 spiro atoms. The fourth-order valence-electron chi connectivity index (χ4n) is 3.91. The van der Waals surface area contributed by atoms with Crippen molar-refractivity contribution in [1.29, 1.82) is 0 Å². The quantitative estimate of drug-likeness (QED) is 0.293. The Morgan fingerprint density at radius 1 is 0.744 bits per heavy atom. The molecule has 4 aromatic rings. The lowest BCUT2D eigenvalue weighted by Crippen LogP contribution is -2.38. The normalized spacial score (nSPS) is 11.6. The maximum atomic E-state index is 13.5. The summed E-state index contributed by atoms with van der Waals surface area (Å²) in [6.07, 6.45) is 0. The number of carbonyl (C=O) groups excluding carboxylic acids is 1. The maximum absolute atomic E-state index is 13.5. The molecule has 0 aliphatic heterocycles. The van der Waals surface area contributed by atoms with Crippen molar-refractivity contribution in [3.8, 4) is 0 Å². The van der Waals surface area contributed by atoms with Crippen molar-refractivity contribution in [2.24, 2.45) is 0 Å². The van der Waals surface area contributed by atoms with Crippen molar-refractivity contribution in [3.05, 3.63) is 114 Å². The molecule has 2 N–H and O–H groups in total. The Hall–Kier alpha value is -4.22. The zero-order chi connectivity index (χ0) is 28.2. The summed E-state index contributed by atoms with van der Waals surface area (Å²) in [6.45, 7) is 3.17. The highest BCUT2D eigenvalue weighted by Gasteiger charge is 2.27. The van der Waals surface area contributed by atoms with E-state index in [1.165, 1.54) is 48.5 Å². The summed E-state index contributed by atoms with van der Waals surface area (Å²) in [5.74, 6) is -1.11. The summed E-state index contributed by atoms with van der Waals surface area (Å²) in [4.78, 5) is 13.0. The van der Waals surface area contributed by atoms with Gasteiger partial charge in [0.2, 0.25) is 5.91 Å². The van der Waals surface area contributed by atoms with Crippen LogP contribution in [0.15, 0.2) is 107 Å². The number of anilines is 3. The first-order valence-electron chi connectivity index (χ1n) is 11.8. The molecule has 0 bridgehead atoms. The van der Waals surface area contributed by atoms with Crippen LogP contribution < -0.4 is 14.3 Å². The second-order valence-corrected chi connectivity index (χ2v) is 12.4. The molecule has 202 valence electrons. The average Bonchev–Trinajstić information content (AvgIpc) is 2.88. The molecule has 4 aromatic carbocycles. The number of carbonyl (C=O) groups is 1. The van der Waals surface area contributed by atoms with Gasteiger partial charge in [-0.25, -0.2) is 21.2 Å². The van der Waals surface area contributed by atoms with Crippen LogP contribution in [0.5, 0.6) is 0 Å². The van der Waals surface area contributed by atoms with E-state index < -0.39 is 38.3 Å². The van der Waals surface area contributed by atoms with Crippen LogP contribution in [0.25, 0.3) is 0 Å². The lowest BCUT2D eigenvalue weighted by molar-refractivity contribution is -0.114. The van der Waals surface area contributed by atoms with E-state index in [2.05, 4.69) is 10.0 Å². The predicted molar refractivity (Wildman–Crippen MR) is 149 cm³/mol. The zero-order valence-corrected chi connectivity index (χ0v) is 22.8. The van der Waals surface area contributed by atoms with Crippen LogP contribution in [0.4, 0.5) is 21.5 Å². The molecule has 0 fully saturated rings. The number of sulfonamides is 2. The van der Waals surface area contributed by atoms with Crippen LogP contribution in [0, 0.1) is 19.7 Å². The molecule has 1 amide bonds. The Kier molecular flexibility index (Phi) is 8.03. The van der Waals surface area contributed by atoms with E-state index in [9.17, 15) is 26.0 Å².